The van der Waals surface area contributed by atoms with Gasteiger partial charge in [-0.3, -0.25) is 4.79 Å². The Bertz CT molecular complexity index is 995. The minimum Gasteiger partial charge on any atom is -0.457 e. The SMILES string of the molecule is NC(=O)N[C@@H](CC(=O)Nc1cccc(Cl)c1)c1cccc(Oc2ccccc2)c1. The van der Waals surface area contributed by atoms with Crippen molar-refractivity contribution < 1.29 is 14.3 Å². The van der Waals surface area contributed by atoms with E-state index >= 15 is 0 Å². The van der Waals surface area contributed by atoms with Gasteiger partial charge in [0.05, 0.1) is 12.5 Å². The molecule has 3 rings (SSSR count). The van der Waals surface area contributed by atoms with Gasteiger partial charge in [0.2, 0.25) is 5.91 Å². The Balaban J connectivity index is 1.75. The van der Waals surface area contributed by atoms with E-state index in [1.807, 2.05) is 30.3 Å². The van der Waals surface area contributed by atoms with Crippen LogP contribution in [0.1, 0.15) is 18.0 Å². The Morgan fingerprint density at radius 2 is 1.66 bits per heavy atom. The molecule has 0 spiro atoms. The number of halogens is 1. The lowest BCUT2D eigenvalue weighted by Crippen LogP contribution is -2.35. The minimum absolute atomic E-state index is 0.00968. The number of rotatable bonds is 7. The third kappa shape index (κ3) is 6.26. The van der Waals surface area contributed by atoms with Crippen LogP contribution in [0.25, 0.3) is 0 Å². The van der Waals surface area contributed by atoms with E-state index in [1.54, 1.807) is 48.5 Å². The summed E-state index contributed by atoms with van der Waals surface area (Å²) in [6, 6.07) is 21.9. The van der Waals surface area contributed by atoms with Crippen molar-refractivity contribution >= 4 is 29.2 Å². The topological polar surface area (TPSA) is 93.5 Å². The summed E-state index contributed by atoms with van der Waals surface area (Å²) in [6.07, 6.45) is -0.00968. The number of hydrogen-bond acceptors (Lipinski definition) is 3. The van der Waals surface area contributed by atoms with Crippen molar-refractivity contribution in [1.82, 2.24) is 5.32 Å². The van der Waals surface area contributed by atoms with Crippen LogP contribution in [-0.4, -0.2) is 11.9 Å². The second-order valence-corrected chi connectivity index (χ2v) is 6.75. The van der Waals surface area contributed by atoms with Crippen LogP contribution in [0, 0.1) is 0 Å². The van der Waals surface area contributed by atoms with Gasteiger partial charge in [-0.1, -0.05) is 48.0 Å². The lowest BCUT2D eigenvalue weighted by atomic mass is 10.0. The van der Waals surface area contributed by atoms with Gasteiger partial charge in [-0.15, -0.1) is 0 Å². The van der Waals surface area contributed by atoms with Gasteiger partial charge in [0.25, 0.3) is 0 Å². The second kappa shape index (κ2) is 9.61. The molecule has 0 bridgehead atoms. The first-order chi connectivity index (χ1) is 14.0. The molecule has 0 saturated heterocycles. The Kier molecular flexibility index (Phi) is 6.71. The molecule has 0 aliphatic rings. The molecule has 1 atom stereocenters. The lowest BCUT2D eigenvalue weighted by Gasteiger charge is -2.19. The smallest absolute Gasteiger partial charge is 0.312 e. The van der Waals surface area contributed by atoms with Crippen molar-refractivity contribution in [3.05, 3.63) is 89.4 Å². The molecule has 0 saturated carbocycles. The van der Waals surface area contributed by atoms with Gasteiger partial charge in [0, 0.05) is 10.7 Å². The zero-order valence-electron chi connectivity index (χ0n) is 15.5. The average molecular weight is 410 g/mol. The number of carbonyl (C=O) groups is 2. The fourth-order valence-corrected chi connectivity index (χ4v) is 3.00. The molecule has 0 aliphatic carbocycles. The summed E-state index contributed by atoms with van der Waals surface area (Å²) in [5.74, 6) is 0.975. The van der Waals surface area contributed by atoms with E-state index < -0.39 is 12.1 Å². The highest BCUT2D eigenvalue weighted by atomic mass is 35.5. The molecule has 0 aromatic heterocycles. The molecular formula is C22H20ClN3O3. The number of benzene rings is 3. The molecule has 29 heavy (non-hydrogen) atoms. The second-order valence-electron chi connectivity index (χ2n) is 6.31. The first kappa shape index (κ1) is 20.2. The molecular weight excluding hydrogens is 390 g/mol. The molecule has 3 amide bonds. The summed E-state index contributed by atoms with van der Waals surface area (Å²) >= 11 is 5.94. The quantitative estimate of drug-likeness (QED) is 0.519. The molecule has 0 radical (unpaired) electrons. The molecule has 4 N–H and O–H groups in total. The van der Waals surface area contributed by atoms with Crippen LogP contribution in [0.4, 0.5) is 10.5 Å². The summed E-state index contributed by atoms with van der Waals surface area (Å²) in [7, 11) is 0. The maximum Gasteiger partial charge on any atom is 0.312 e. The van der Waals surface area contributed by atoms with Crippen molar-refractivity contribution in [2.24, 2.45) is 5.73 Å². The number of carbonyl (C=O) groups excluding carboxylic acids is 2. The first-order valence-corrected chi connectivity index (χ1v) is 9.31. The maximum atomic E-state index is 12.5. The van der Waals surface area contributed by atoms with Gasteiger partial charge in [-0.25, -0.2) is 4.79 Å². The molecule has 148 valence electrons. The normalized spacial score (nSPS) is 11.3. The van der Waals surface area contributed by atoms with Crippen LogP contribution in [0.15, 0.2) is 78.9 Å². The predicted octanol–water partition coefficient (Wildman–Crippen LogP) is 4.87. The van der Waals surface area contributed by atoms with E-state index in [-0.39, 0.29) is 12.3 Å². The molecule has 7 heteroatoms. The number of ether oxygens (including phenoxy) is 1. The number of nitrogens with one attached hydrogen (secondary N) is 2. The third-order valence-electron chi connectivity index (χ3n) is 4.05. The Morgan fingerprint density at radius 3 is 2.38 bits per heavy atom. The lowest BCUT2D eigenvalue weighted by molar-refractivity contribution is -0.116. The fraction of sp³-hybridized carbons (Fsp3) is 0.0909. The van der Waals surface area contributed by atoms with Gasteiger partial charge in [0.15, 0.2) is 0 Å². The third-order valence-corrected chi connectivity index (χ3v) is 4.29. The first-order valence-electron chi connectivity index (χ1n) is 8.94. The van der Waals surface area contributed by atoms with E-state index in [9.17, 15) is 9.59 Å². The molecule has 3 aromatic rings. The van der Waals surface area contributed by atoms with Crippen LogP contribution in [-0.2, 0) is 4.79 Å². The Morgan fingerprint density at radius 1 is 0.931 bits per heavy atom. The molecule has 6 nitrogen and oxygen atoms in total. The number of urea groups is 1. The van der Waals surface area contributed by atoms with Gasteiger partial charge in [0.1, 0.15) is 11.5 Å². The predicted molar refractivity (Wildman–Crippen MR) is 113 cm³/mol. The van der Waals surface area contributed by atoms with Gasteiger partial charge in [-0.2, -0.15) is 0 Å². The Hall–Kier alpha value is -3.51. The van der Waals surface area contributed by atoms with Crippen molar-refractivity contribution in [3.8, 4) is 11.5 Å². The fourth-order valence-electron chi connectivity index (χ4n) is 2.81. The zero-order chi connectivity index (χ0) is 20.6. The summed E-state index contributed by atoms with van der Waals surface area (Å²) in [5, 5.41) is 5.89. The summed E-state index contributed by atoms with van der Waals surface area (Å²) < 4.78 is 5.83. The van der Waals surface area contributed by atoms with E-state index in [0.717, 1.165) is 0 Å². The van der Waals surface area contributed by atoms with Crippen LogP contribution >= 0.6 is 11.6 Å². The molecule has 3 aromatic carbocycles. The van der Waals surface area contributed by atoms with Crippen LogP contribution in [0.3, 0.4) is 0 Å². The highest BCUT2D eigenvalue weighted by molar-refractivity contribution is 6.30. The van der Waals surface area contributed by atoms with Crippen LogP contribution in [0.2, 0.25) is 5.02 Å². The summed E-state index contributed by atoms with van der Waals surface area (Å²) in [4.78, 5) is 24.0. The largest absolute Gasteiger partial charge is 0.457 e. The minimum atomic E-state index is -0.722. The summed E-state index contributed by atoms with van der Waals surface area (Å²) in [5.41, 5.74) is 6.57. The van der Waals surface area contributed by atoms with E-state index in [0.29, 0.717) is 27.8 Å². The summed E-state index contributed by atoms with van der Waals surface area (Å²) in [6.45, 7) is 0. The zero-order valence-corrected chi connectivity index (χ0v) is 16.2. The van der Waals surface area contributed by atoms with Crippen LogP contribution < -0.4 is 21.1 Å². The average Bonchev–Trinajstić information content (AvgIpc) is 2.68. The standard InChI is InChI=1S/C22H20ClN3O3/c23-16-7-5-8-17(13-16)25-21(27)14-20(26-22(24)28)15-6-4-11-19(12-15)29-18-9-2-1-3-10-18/h1-13,20H,14H2,(H,25,27)(H3,24,26,28)/t20-/m0/s1. The Labute approximate surface area is 173 Å². The molecule has 0 unspecified atom stereocenters. The highest BCUT2D eigenvalue weighted by Gasteiger charge is 2.18. The number of amides is 3. The number of para-hydroxylation sites is 1. The monoisotopic (exact) mass is 409 g/mol. The van der Waals surface area contributed by atoms with E-state index in [4.69, 9.17) is 22.1 Å². The van der Waals surface area contributed by atoms with Crippen molar-refractivity contribution in [2.75, 3.05) is 5.32 Å². The van der Waals surface area contributed by atoms with Gasteiger partial charge >= 0.3 is 6.03 Å². The number of hydrogen-bond donors (Lipinski definition) is 3. The van der Waals surface area contributed by atoms with E-state index in [1.165, 1.54) is 0 Å². The highest BCUT2D eigenvalue weighted by Crippen LogP contribution is 2.26. The van der Waals surface area contributed by atoms with Crippen molar-refractivity contribution in [2.45, 2.75) is 12.5 Å². The van der Waals surface area contributed by atoms with Crippen LogP contribution in [0.5, 0.6) is 11.5 Å². The van der Waals surface area contributed by atoms with E-state index in [2.05, 4.69) is 10.6 Å². The number of nitrogens with two attached hydrogens (primary N) is 1. The maximum absolute atomic E-state index is 12.5. The number of anilines is 1. The van der Waals surface area contributed by atoms with Gasteiger partial charge < -0.3 is 21.1 Å². The molecule has 0 fully saturated rings. The molecule has 0 heterocycles. The van der Waals surface area contributed by atoms with Crippen molar-refractivity contribution in [1.29, 1.82) is 0 Å². The number of primary amides is 1. The van der Waals surface area contributed by atoms with Crippen molar-refractivity contribution in [3.63, 3.8) is 0 Å². The molecule has 0 aliphatic heterocycles. The van der Waals surface area contributed by atoms with Gasteiger partial charge in [-0.05, 0) is 48.0 Å².